The molecule has 0 amide bonds. The van der Waals surface area contributed by atoms with Gasteiger partial charge in [0.25, 0.3) is 0 Å². The van der Waals surface area contributed by atoms with Gasteiger partial charge in [-0.15, -0.1) is 0 Å². The zero-order chi connectivity index (χ0) is 12.0. The first-order valence-electron chi connectivity index (χ1n) is 4.70. The highest BCUT2D eigenvalue weighted by Gasteiger charge is 2.09. The monoisotopic (exact) mass is 244 g/mol. The number of amidine groups is 1. The van der Waals surface area contributed by atoms with Gasteiger partial charge in [-0.2, -0.15) is 0 Å². The first-order valence-corrected chi connectivity index (χ1v) is 5.08. The molecule has 88 valence electrons. The Bertz CT molecular complexity index is 382. The van der Waals surface area contributed by atoms with Gasteiger partial charge in [-0.05, 0) is 18.2 Å². The van der Waals surface area contributed by atoms with Gasteiger partial charge >= 0.3 is 0 Å². The Kier molecular flexibility index (Phi) is 4.88. The number of oxime groups is 1. The summed E-state index contributed by atoms with van der Waals surface area (Å²) in [4.78, 5) is 0. The van der Waals surface area contributed by atoms with Crippen LogP contribution in [0.1, 0.15) is 12.0 Å². The minimum Gasteiger partial charge on any atom is -0.493 e. The summed E-state index contributed by atoms with van der Waals surface area (Å²) >= 11 is 5.79. The van der Waals surface area contributed by atoms with Crippen molar-refractivity contribution in [1.82, 2.24) is 0 Å². The van der Waals surface area contributed by atoms with Crippen molar-refractivity contribution in [2.45, 2.75) is 6.42 Å². The lowest BCUT2D eigenvalue weighted by Gasteiger charge is -2.10. The second-order valence-corrected chi connectivity index (χ2v) is 3.49. The molecule has 1 aromatic carbocycles. The van der Waals surface area contributed by atoms with Crippen LogP contribution in [0.25, 0.3) is 0 Å². The van der Waals surface area contributed by atoms with Crippen LogP contribution in [0.3, 0.4) is 0 Å². The van der Waals surface area contributed by atoms with Crippen molar-refractivity contribution >= 4 is 17.4 Å². The van der Waals surface area contributed by atoms with Crippen molar-refractivity contribution in [3.63, 3.8) is 0 Å². The van der Waals surface area contributed by atoms with Crippen LogP contribution in [0, 0.1) is 0 Å². The van der Waals surface area contributed by atoms with Crippen molar-refractivity contribution in [3.05, 3.63) is 28.8 Å². The summed E-state index contributed by atoms with van der Waals surface area (Å²) in [6.07, 6.45) is 0.512. The Morgan fingerprint density at radius 1 is 1.50 bits per heavy atom. The van der Waals surface area contributed by atoms with Crippen molar-refractivity contribution < 1.29 is 15.1 Å². The standard InChI is InChI=1S/C10H13ClN2O3/c11-7-2-3-9(16-5-1-4-14)8(6-7)10(12)13-15/h2-3,6,14-15H,1,4-5H2,(H2,12,13). The molecule has 0 aliphatic heterocycles. The molecule has 0 unspecified atom stereocenters. The number of aliphatic hydroxyl groups is 1. The molecule has 4 N–H and O–H groups in total. The van der Waals surface area contributed by atoms with Gasteiger partial charge in [0.15, 0.2) is 5.84 Å². The highest BCUT2D eigenvalue weighted by Crippen LogP contribution is 2.22. The molecular weight excluding hydrogens is 232 g/mol. The first-order chi connectivity index (χ1) is 7.69. The van der Waals surface area contributed by atoms with Crippen molar-refractivity contribution in [3.8, 4) is 5.75 Å². The zero-order valence-electron chi connectivity index (χ0n) is 8.56. The maximum Gasteiger partial charge on any atom is 0.173 e. The van der Waals surface area contributed by atoms with E-state index < -0.39 is 0 Å². The van der Waals surface area contributed by atoms with Crippen LogP contribution >= 0.6 is 11.6 Å². The number of hydrogen-bond acceptors (Lipinski definition) is 4. The molecule has 0 spiro atoms. The van der Waals surface area contributed by atoms with Gasteiger partial charge in [0, 0.05) is 18.1 Å². The van der Waals surface area contributed by atoms with E-state index in [1.54, 1.807) is 18.2 Å². The number of halogens is 1. The second-order valence-electron chi connectivity index (χ2n) is 3.05. The minimum absolute atomic E-state index is 0.0481. The van der Waals surface area contributed by atoms with Gasteiger partial charge in [-0.3, -0.25) is 0 Å². The van der Waals surface area contributed by atoms with Gasteiger partial charge in [0.2, 0.25) is 0 Å². The molecule has 5 nitrogen and oxygen atoms in total. The van der Waals surface area contributed by atoms with E-state index in [9.17, 15) is 0 Å². The molecule has 0 radical (unpaired) electrons. The molecule has 0 atom stereocenters. The molecule has 0 saturated heterocycles. The average molecular weight is 245 g/mol. The summed E-state index contributed by atoms with van der Waals surface area (Å²) in [6.45, 7) is 0.399. The summed E-state index contributed by atoms with van der Waals surface area (Å²) in [5.41, 5.74) is 5.90. The lowest BCUT2D eigenvalue weighted by Crippen LogP contribution is -2.15. The van der Waals surface area contributed by atoms with E-state index in [0.29, 0.717) is 29.4 Å². The summed E-state index contributed by atoms with van der Waals surface area (Å²) in [5, 5.41) is 20.6. The van der Waals surface area contributed by atoms with Crippen LogP contribution in [-0.4, -0.2) is 29.4 Å². The van der Waals surface area contributed by atoms with Crippen LogP contribution < -0.4 is 10.5 Å². The third kappa shape index (κ3) is 3.29. The van der Waals surface area contributed by atoms with Crippen LogP contribution in [0.4, 0.5) is 0 Å². The number of aliphatic hydroxyl groups excluding tert-OH is 1. The fourth-order valence-corrected chi connectivity index (χ4v) is 1.30. The molecule has 0 saturated carbocycles. The highest BCUT2D eigenvalue weighted by molar-refractivity contribution is 6.31. The molecule has 0 fully saturated rings. The highest BCUT2D eigenvalue weighted by atomic mass is 35.5. The minimum atomic E-state index is -0.0681. The number of hydrogen-bond donors (Lipinski definition) is 3. The second kappa shape index (κ2) is 6.19. The van der Waals surface area contributed by atoms with E-state index in [1.807, 2.05) is 0 Å². The topological polar surface area (TPSA) is 88.1 Å². The molecular formula is C10H13ClN2O3. The van der Waals surface area contributed by atoms with Gasteiger partial charge in [-0.25, -0.2) is 0 Å². The summed E-state index contributed by atoms with van der Waals surface area (Å²) in [5.74, 6) is 0.398. The maximum absolute atomic E-state index is 8.62. The van der Waals surface area contributed by atoms with Crippen LogP contribution in [0.15, 0.2) is 23.4 Å². The third-order valence-corrected chi connectivity index (χ3v) is 2.12. The van der Waals surface area contributed by atoms with Crippen molar-refractivity contribution in [2.24, 2.45) is 10.9 Å². The van der Waals surface area contributed by atoms with E-state index >= 15 is 0 Å². The average Bonchev–Trinajstić information content (AvgIpc) is 2.30. The predicted octanol–water partition coefficient (Wildman–Crippen LogP) is 1.20. The Labute approximate surface area is 98.1 Å². The largest absolute Gasteiger partial charge is 0.493 e. The smallest absolute Gasteiger partial charge is 0.173 e. The van der Waals surface area contributed by atoms with E-state index in [1.165, 1.54) is 0 Å². The Morgan fingerprint density at radius 3 is 2.88 bits per heavy atom. The molecule has 0 aliphatic rings. The molecule has 0 aromatic heterocycles. The maximum atomic E-state index is 8.62. The van der Waals surface area contributed by atoms with Crippen molar-refractivity contribution in [2.75, 3.05) is 13.2 Å². The van der Waals surface area contributed by atoms with Crippen LogP contribution in [0.2, 0.25) is 5.02 Å². The Balaban J connectivity index is 2.89. The van der Waals surface area contributed by atoms with E-state index in [0.717, 1.165) is 0 Å². The predicted molar refractivity (Wildman–Crippen MR) is 61.2 cm³/mol. The zero-order valence-corrected chi connectivity index (χ0v) is 9.31. The Morgan fingerprint density at radius 2 is 2.25 bits per heavy atom. The lowest BCUT2D eigenvalue weighted by molar-refractivity contribution is 0.233. The number of nitrogens with zero attached hydrogens (tertiary/aromatic N) is 1. The van der Waals surface area contributed by atoms with Gasteiger partial charge in [0.05, 0.1) is 12.2 Å². The van der Waals surface area contributed by atoms with E-state index in [2.05, 4.69) is 5.16 Å². The third-order valence-electron chi connectivity index (χ3n) is 1.89. The fraction of sp³-hybridized carbons (Fsp3) is 0.300. The van der Waals surface area contributed by atoms with E-state index in [4.69, 9.17) is 32.4 Å². The fourth-order valence-electron chi connectivity index (χ4n) is 1.13. The number of rotatable bonds is 5. The normalized spacial score (nSPS) is 11.5. The van der Waals surface area contributed by atoms with E-state index in [-0.39, 0.29) is 12.4 Å². The summed E-state index contributed by atoms with van der Waals surface area (Å²) in [6, 6.07) is 4.82. The number of ether oxygens (including phenoxy) is 1. The molecule has 0 heterocycles. The Hall–Kier alpha value is -1.46. The van der Waals surface area contributed by atoms with Gasteiger partial charge in [-0.1, -0.05) is 16.8 Å². The number of nitrogens with two attached hydrogens (primary N) is 1. The van der Waals surface area contributed by atoms with Gasteiger partial charge < -0.3 is 20.8 Å². The summed E-state index contributed by atoms with van der Waals surface area (Å²) < 4.78 is 5.36. The molecule has 0 bridgehead atoms. The van der Waals surface area contributed by atoms with Crippen LogP contribution in [-0.2, 0) is 0 Å². The first kappa shape index (κ1) is 12.6. The van der Waals surface area contributed by atoms with Gasteiger partial charge in [0.1, 0.15) is 5.75 Å². The van der Waals surface area contributed by atoms with Crippen molar-refractivity contribution in [1.29, 1.82) is 0 Å². The molecule has 0 aliphatic carbocycles. The SMILES string of the molecule is NC(=NO)c1cc(Cl)ccc1OCCCO. The number of benzene rings is 1. The molecule has 1 aromatic rings. The summed E-state index contributed by atoms with van der Waals surface area (Å²) in [7, 11) is 0. The molecule has 6 heteroatoms. The molecule has 16 heavy (non-hydrogen) atoms. The quantitative estimate of drug-likeness (QED) is 0.239. The molecule has 1 rings (SSSR count). The lowest BCUT2D eigenvalue weighted by atomic mass is 10.2. The van der Waals surface area contributed by atoms with Crippen LogP contribution in [0.5, 0.6) is 5.75 Å².